The molecule has 0 radical (unpaired) electrons. The van der Waals surface area contributed by atoms with Crippen molar-refractivity contribution in [1.82, 2.24) is 0 Å². The Balaban J connectivity index is 1.55. The zero-order valence-electron chi connectivity index (χ0n) is 11.1. The van der Waals surface area contributed by atoms with Crippen LogP contribution in [0.25, 0.3) is 6.08 Å². The minimum atomic E-state index is 0.228. The van der Waals surface area contributed by atoms with Gasteiger partial charge in [-0.3, -0.25) is 0 Å². The number of rotatable bonds is 8. The second kappa shape index (κ2) is 5.87. The van der Waals surface area contributed by atoms with Gasteiger partial charge in [-0.1, -0.05) is 36.9 Å². The van der Waals surface area contributed by atoms with Crippen molar-refractivity contribution >= 4 is 6.08 Å². The summed E-state index contributed by atoms with van der Waals surface area (Å²) in [6, 6.07) is 8.48. The molecule has 0 N–H and O–H groups in total. The maximum atomic E-state index is 5.95. The van der Waals surface area contributed by atoms with Gasteiger partial charge in [-0.25, -0.2) is 0 Å². The van der Waals surface area contributed by atoms with Crippen LogP contribution in [0.2, 0.25) is 0 Å². The highest BCUT2D eigenvalue weighted by Crippen LogP contribution is 2.22. The van der Waals surface area contributed by atoms with Crippen LogP contribution >= 0.6 is 0 Å². The lowest BCUT2D eigenvalue weighted by atomic mass is 10.0. The number of hydrogen-bond donors (Lipinski definition) is 0. The Labute approximate surface area is 114 Å². The second-order valence-corrected chi connectivity index (χ2v) is 5.25. The molecule has 2 saturated heterocycles. The van der Waals surface area contributed by atoms with E-state index < -0.39 is 0 Å². The summed E-state index contributed by atoms with van der Waals surface area (Å²) < 4.78 is 16.5. The van der Waals surface area contributed by atoms with Crippen molar-refractivity contribution in [2.24, 2.45) is 0 Å². The lowest BCUT2D eigenvalue weighted by Gasteiger charge is -2.16. The summed E-state index contributed by atoms with van der Waals surface area (Å²) in [5.41, 5.74) is 2.45. The van der Waals surface area contributed by atoms with Crippen LogP contribution in [0.15, 0.2) is 30.8 Å². The van der Waals surface area contributed by atoms with Gasteiger partial charge in [0.15, 0.2) is 0 Å². The monoisotopic (exact) mass is 260 g/mol. The third kappa shape index (κ3) is 4.16. The Kier molecular flexibility index (Phi) is 3.97. The minimum absolute atomic E-state index is 0.228. The fourth-order valence-electron chi connectivity index (χ4n) is 2.17. The van der Waals surface area contributed by atoms with Gasteiger partial charge in [0.25, 0.3) is 0 Å². The first kappa shape index (κ1) is 12.9. The number of hydrogen-bond acceptors (Lipinski definition) is 3. The molecular formula is C16H20O3. The molecule has 0 saturated carbocycles. The number of epoxide rings is 2. The van der Waals surface area contributed by atoms with Gasteiger partial charge in [-0.2, -0.15) is 0 Å². The molecule has 2 aliphatic rings. The average molecular weight is 260 g/mol. The molecule has 3 heteroatoms. The molecule has 1 aromatic carbocycles. The van der Waals surface area contributed by atoms with Crippen molar-refractivity contribution in [2.75, 3.05) is 19.8 Å². The molecule has 0 aliphatic carbocycles. The van der Waals surface area contributed by atoms with E-state index >= 15 is 0 Å². The molecule has 19 heavy (non-hydrogen) atoms. The Morgan fingerprint density at radius 1 is 1.21 bits per heavy atom. The van der Waals surface area contributed by atoms with Crippen molar-refractivity contribution in [3.8, 4) is 0 Å². The quantitative estimate of drug-likeness (QED) is 0.673. The van der Waals surface area contributed by atoms with Gasteiger partial charge >= 0.3 is 0 Å². The van der Waals surface area contributed by atoms with E-state index in [1.165, 1.54) is 5.56 Å². The third-order valence-electron chi connectivity index (χ3n) is 3.53. The van der Waals surface area contributed by atoms with Crippen molar-refractivity contribution < 1.29 is 14.2 Å². The minimum Gasteiger partial charge on any atom is -0.375 e. The Hall–Kier alpha value is -1.16. The molecule has 0 amide bonds. The highest BCUT2D eigenvalue weighted by Gasteiger charge is 2.29. The van der Waals surface area contributed by atoms with E-state index in [2.05, 4.69) is 30.8 Å². The van der Waals surface area contributed by atoms with E-state index in [1.807, 2.05) is 6.08 Å². The normalized spacial score (nSPS) is 25.9. The molecule has 2 heterocycles. The molecule has 2 aliphatic heterocycles. The highest BCUT2D eigenvalue weighted by molar-refractivity contribution is 5.47. The molecule has 2 fully saturated rings. The van der Waals surface area contributed by atoms with E-state index in [9.17, 15) is 0 Å². The standard InChI is InChI=1S/C16H20O3/c1-2-12-3-5-13(6-4-12)7-14(8-15-9-18-15)17-10-16-11-19-16/h2-6,14-16H,1,7-11H2. The third-order valence-corrected chi connectivity index (χ3v) is 3.53. The molecule has 3 nitrogen and oxygen atoms in total. The summed E-state index contributed by atoms with van der Waals surface area (Å²) in [7, 11) is 0. The van der Waals surface area contributed by atoms with Crippen molar-refractivity contribution in [1.29, 1.82) is 0 Å². The topological polar surface area (TPSA) is 34.3 Å². The van der Waals surface area contributed by atoms with Crippen molar-refractivity contribution in [3.63, 3.8) is 0 Å². The summed E-state index contributed by atoms with van der Waals surface area (Å²) >= 11 is 0. The lowest BCUT2D eigenvalue weighted by molar-refractivity contribution is 0.0330. The Bertz CT molecular complexity index is 418. The van der Waals surface area contributed by atoms with Gasteiger partial charge < -0.3 is 14.2 Å². The molecule has 1 aromatic rings. The predicted octanol–water partition coefficient (Wildman–Crippen LogP) is 2.45. The summed E-state index contributed by atoms with van der Waals surface area (Å²) in [4.78, 5) is 0. The van der Waals surface area contributed by atoms with Crippen molar-refractivity contribution in [3.05, 3.63) is 42.0 Å². The largest absolute Gasteiger partial charge is 0.375 e. The Morgan fingerprint density at radius 2 is 1.89 bits per heavy atom. The van der Waals surface area contributed by atoms with Crippen LogP contribution in [-0.2, 0) is 20.6 Å². The van der Waals surface area contributed by atoms with Gasteiger partial charge in [0, 0.05) is 6.42 Å². The summed E-state index contributed by atoms with van der Waals surface area (Å²) in [5, 5.41) is 0. The predicted molar refractivity (Wildman–Crippen MR) is 74.1 cm³/mol. The van der Waals surface area contributed by atoms with Crippen LogP contribution in [0, 0.1) is 0 Å². The first-order chi connectivity index (χ1) is 9.33. The molecule has 3 rings (SSSR count). The van der Waals surface area contributed by atoms with Gasteiger partial charge in [-0.15, -0.1) is 0 Å². The maximum Gasteiger partial charge on any atom is 0.104 e. The first-order valence-corrected chi connectivity index (χ1v) is 6.89. The van der Waals surface area contributed by atoms with Crippen LogP contribution in [0.1, 0.15) is 17.5 Å². The number of benzene rings is 1. The SMILES string of the molecule is C=Cc1ccc(CC(CC2CO2)OCC2CO2)cc1. The molecule has 102 valence electrons. The number of ether oxygens (including phenoxy) is 3. The lowest BCUT2D eigenvalue weighted by Crippen LogP contribution is -2.21. The molecule has 3 atom stereocenters. The summed E-state index contributed by atoms with van der Waals surface area (Å²) in [6.07, 6.45) is 4.73. The molecule has 3 unspecified atom stereocenters. The smallest absolute Gasteiger partial charge is 0.104 e. The van der Waals surface area contributed by atoms with Crippen LogP contribution in [-0.4, -0.2) is 38.1 Å². The fourth-order valence-corrected chi connectivity index (χ4v) is 2.17. The summed E-state index contributed by atoms with van der Waals surface area (Å²) in [6.45, 7) is 6.21. The van der Waals surface area contributed by atoms with Crippen LogP contribution in [0.4, 0.5) is 0 Å². The van der Waals surface area contributed by atoms with Crippen LogP contribution in [0.5, 0.6) is 0 Å². The second-order valence-electron chi connectivity index (χ2n) is 5.25. The average Bonchev–Trinajstić information content (AvgIpc) is 3.31. The molecule has 0 aromatic heterocycles. The zero-order chi connectivity index (χ0) is 13.1. The molecule has 0 bridgehead atoms. The van der Waals surface area contributed by atoms with E-state index in [-0.39, 0.29) is 6.10 Å². The molecular weight excluding hydrogens is 240 g/mol. The highest BCUT2D eigenvalue weighted by atomic mass is 16.6. The van der Waals surface area contributed by atoms with E-state index in [4.69, 9.17) is 14.2 Å². The van der Waals surface area contributed by atoms with E-state index in [0.717, 1.165) is 31.6 Å². The van der Waals surface area contributed by atoms with Gasteiger partial charge in [0.05, 0.1) is 32.0 Å². The fraction of sp³-hybridized carbons (Fsp3) is 0.500. The maximum absolute atomic E-state index is 5.95. The van der Waals surface area contributed by atoms with Gasteiger partial charge in [-0.05, 0) is 17.5 Å². The van der Waals surface area contributed by atoms with Crippen LogP contribution in [0.3, 0.4) is 0 Å². The van der Waals surface area contributed by atoms with E-state index in [1.54, 1.807) is 0 Å². The molecule has 0 spiro atoms. The van der Waals surface area contributed by atoms with Gasteiger partial charge in [0.2, 0.25) is 0 Å². The van der Waals surface area contributed by atoms with Crippen LogP contribution < -0.4 is 0 Å². The summed E-state index contributed by atoms with van der Waals surface area (Å²) in [5.74, 6) is 0. The van der Waals surface area contributed by atoms with Crippen molar-refractivity contribution in [2.45, 2.75) is 31.2 Å². The Morgan fingerprint density at radius 3 is 2.47 bits per heavy atom. The first-order valence-electron chi connectivity index (χ1n) is 6.89. The zero-order valence-corrected chi connectivity index (χ0v) is 11.1. The van der Waals surface area contributed by atoms with Gasteiger partial charge in [0.1, 0.15) is 6.10 Å². The van der Waals surface area contributed by atoms with E-state index in [0.29, 0.717) is 18.8 Å².